The van der Waals surface area contributed by atoms with Crippen LogP contribution >= 0.6 is 0 Å². The van der Waals surface area contributed by atoms with E-state index >= 15 is 0 Å². The number of hydrogen-bond acceptors (Lipinski definition) is 3. The molecule has 1 fully saturated rings. The Hall–Kier alpha value is -1.58. The van der Waals surface area contributed by atoms with E-state index in [1.165, 1.54) is 32.1 Å². The van der Waals surface area contributed by atoms with Gasteiger partial charge in [0.1, 0.15) is 5.52 Å². The molecule has 0 radical (unpaired) electrons. The number of fused-ring (bicyclic) bond motifs is 1. The molecule has 2 heterocycles. The second-order valence-corrected chi connectivity index (χ2v) is 5.88. The third kappa shape index (κ3) is 2.65. The van der Waals surface area contributed by atoms with E-state index in [0.29, 0.717) is 0 Å². The molecule has 108 valence electrons. The Balaban J connectivity index is 1.96. The van der Waals surface area contributed by atoms with Crippen molar-refractivity contribution < 1.29 is 0 Å². The number of pyridine rings is 1. The highest BCUT2D eigenvalue weighted by molar-refractivity contribution is 5.74. The summed E-state index contributed by atoms with van der Waals surface area (Å²) >= 11 is 0. The monoisotopic (exact) mass is 272 g/mol. The molecule has 0 aliphatic heterocycles. The molecule has 0 unspecified atom stereocenters. The molecule has 4 nitrogen and oxygen atoms in total. The molecule has 1 aliphatic carbocycles. The summed E-state index contributed by atoms with van der Waals surface area (Å²) in [4.78, 5) is 9.40. The van der Waals surface area contributed by atoms with Crippen molar-refractivity contribution >= 4 is 17.1 Å². The van der Waals surface area contributed by atoms with Crippen LogP contribution in [-0.4, -0.2) is 21.1 Å². The summed E-state index contributed by atoms with van der Waals surface area (Å²) in [6.07, 6.45) is 6.84. The predicted molar refractivity (Wildman–Crippen MR) is 83.0 cm³/mol. The van der Waals surface area contributed by atoms with Gasteiger partial charge in [-0.2, -0.15) is 0 Å². The lowest BCUT2D eigenvalue weighted by molar-refractivity contribution is 0.323. The van der Waals surface area contributed by atoms with Crippen LogP contribution in [-0.2, 0) is 6.54 Å². The van der Waals surface area contributed by atoms with E-state index in [9.17, 15) is 0 Å². The smallest absolute Gasteiger partial charge is 0.205 e. The Kier molecular flexibility index (Phi) is 3.90. The molecule has 0 amide bonds. The molecule has 1 aliphatic rings. The minimum atomic E-state index is 0.779. The molecule has 1 N–H and O–H groups in total. The van der Waals surface area contributed by atoms with Crippen LogP contribution in [0.3, 0.4) is 0 Å². The fourth-order valence-corrected chi connectivity index (χ4v) is 3.19. The number of rotatable bonds is 4. The molecule has 0 atom stereocenters. The van der Waals surface area contributed by atoms with Crippen LogP contribution in [0.15, 0.2) is 12.1 Å². The summed E-state index contributed by atoms with van der Waals surface area (Å²) in [6, 6.07) is 4.12. The van der Waals surface area contributed by atoms with Crippen molar-refractivity contribution in [2.45, 2.75) is 52.5 Å². The maximum absolute atomic E-state index is 4.70. The largest absolute Gasteiger partial charge is 0.356 e. The van der Waals surface area contributed by atoms with Crippen LogP contribution in [0.2, 0.25) is 0 Å². The first-order valence-corrected chi connectivity index (χ1v) is 7.85. The quantitative estimate of drug-likeness (QED) is 0.921. The van der Waals surface area contributed by atoms with Crippen LogP contribution in [0.5, 0.6) is 0 Å². The van der Waals surface area contributed by atoms with E-state index < -0.39 is 0 Å². The number of anilines is 1. The Morgan fingerprint density at radius 3 is 2.75 bits per heavy atom. The number of hydrogen-bond donors (Lipinski definition) is 1. The van der Waals surface area contributed by atoms with Gasteiger partial charge < -0.3 is 5.32 Å². The fraction of sp³-hybridized carbons (Fsp3) is 0.625. The van der Waals surface area contributed by atoms with Crippen LogP contribution in [0.1, 0.15) is 44.7 Å². The zero-order valence-electron chi connectivity index (χ0n) is 12.5. The van der Waals surface area contributed by atoms with Crippen molar-refractivity contribution in [3.63, 3.8) is 0 Å². The third-order valence-electron chi connectivity index (χ3n) is 4.23. The summed E-state index contributed by atoms with van der Waals surface area (Å²) in [5.74, 6) is 1.76. The van der Waals surface area contributed by atoms with E-state index in [2.05, 4.69) is 22.9 Å². The highest BCUT2D eigenvalue weighted by Crippen LogP contribution is 2.28. The number of nitrogens with zero attached hydrogens (tertiary/aromatic N) is 3. The van der Waals surface area contributed by atoms with E-state index in [4.69, 9.17) is 9.97 Å². The van der Waals surface area contributed by atoms with Crippen molar-refractivity contribution in [1.29, 1.82) is 0 Å². The normalized spacial score (nSPS) is 16.7. The lowest BCUT2D eigenvalue weighted by Crippen LogP contribution is -2.16. The summed E-state index contributed by atoms with van der Waals surface area (Å²) in [6.45, 7) is 6.11. The van der Waals surface area contributed by atoms with Gasteiger partial charge in [0.05, 0.1) is 0 Å². The average molecular weight is 272 g/mol. The molecule has 1 saturated carbocycles. The molecule has 0 spiro atoms. The van der Waals surface area contributed by atoms with Gasteiger partial charge >= 0.3 is 0 Å². The Labute approximate surface area is 120 Å². The van der Waals surface area contributed by atoms with Crippen molar-refractivity contribution in [3.8, 4) is 0 Å². The van der Waals surface area contributed by atoms with Crippen LogP contribution < -0.4 is 5.32 Å². The maximum atomic E-state index is 4.70. The zero-order valence-corrected chi connectivity index (χ0v) is 12.5. The highest BCUT2D eigenvalue weighted by atomic mass is 15.2. The van der Waals surface area contributed by atoms with E-state index in [-0.39, 0.29) is 0 Å². The fourth-order valence-electron chi connectivity index (χ4n) is 3.19. The topological polar surface area (TPSA) is 42.7 Å². The summed E-state index contributed by atoms with van der Waals surface area (Å²) in [5, 5.41) is 3.39. The van der Waals surface area contributed by atoms with E-state index in [1.807, 2.05) is 13.0 Å². The van der Waals surface area contributed by atoms with Gasteiger partial charge in [0.25, 0.3) is 0 Å². The Morgan fingerprint density at radius 1 is 1.20 bits per heavy atom. The van der Waals surface area contributed by atoms with Crippen LogP contribution in [0.25, 0.3) is 11.2 Å². The predicted octanol–water partition coefficient (Wildman–Crippen LogP) is 3.75. The Morgan fingerprint density at radius 2 is 2.00 bits per heavy atom. The number of nitrogens with one attached hydrogen (secondary N) is 1. The first-order chi connectivity index (χ1) is 9.78. The van der Waals surface area contributed by atoms with Crippen molar-refractivity contribution in [1.82, 2.24) is 14.5 Å². The average Bonchev–Trinajstić information content (AvgIpc) is 2.78. The molecule has 0 aromatic carbocycles. The van der Waals surface area contributed by atoms with E-state index in [1.54, 1.807) is 0 Å². The van der Waals surface area contributed by atoms with Gasteiger partial charge in [0.2, 0.25) is 5.95 Å². The van der Waals surface area contributed by atoms with Crippen molar-refractivity contribution in [3.05, 3.63) is 17.8 Å². The second kappa shape index (κ2) is 5.81. The molecule has 4 heteroatoms. The first kappa shape index (κ1) is 13.4. The van der Waals surface area contributed by atoms with Crippen molar-refractivity contribution in [2.24, 2.45) is 5.92 Å². The van der Waals surface area contributed by atoms with Crippen molar-refractivity contribution in [2.75, 3.05) is 11.9 Å². The van der Waals surface area contributed by atoms with Gasteiger partial charge in [-0.3, -0.25) is 4.57 Å². The van der Waals surface area contributed by atoms with Gasteiger partial charge in [-0.25, -0.2) is 9.97 Å². The summed E-state index contributed by atoms with van der Waals surface area (Å²) in [7, 11) is 0. The number of aryl methyl sites for hydroxylation is 1. The third-order valence-corrected chi connectivity index (χ3v) is 4.23. The maximum Gasteiger partial charge on any atom is 0.205 e. The van der Waals surface area contributed by atoms with Crippen LogP contribution in [0, 0.1) is 12.8 Å². The molecule has 0 bridgehead atoms. The molecular formula is C16H24N4. The standard InChI is InChI=1S/C16H24N4/c1-3-17-16-19-14-10-9-12(2)18-15(14)20(16)11-13-7-5-4-6-8-13/h9-10,13H,3-8,11H2,1-2H3,(H,17,19). The lowest BCUT2D eigenvalue weighted by atomic mass is 9.89. The molecule has 2 aromatic rings. The van der Waals surface area contributed by atoms with Crippen LogP contribution in [0.4, 0.5) is 5.95 Å². The minimum absolute atomic E-state index is 0.779. The van der Waals surface area contributed by atoms with E-state index in [0.717, 1.165) is 41.8 Å². The van der Waals surface area contributed by atoms with Gasteiger partial charge in [0.15, 0.2) is 5.65 Å². The number of aromatic nitrogens is 3. The van der Waals surface area contributed by atoms with Gasteiger partial charge in [0, 0.05) is 18.8 Å². The molecule has 2 aromatic heterocycles. The SMILES string of the molecule is CCNc1nc2ccc(C)nc2n1CC1CCCCC1. The zero-order chi connectivity index (χ0) is 13.9. The van der Waals surface area contributed by atoms with Gasteiger partial charge in [-0.05, 0) is 44.7 Å². The first-order valence-electron chi connectivity index (χ1n) is 7.85. The molecule has 3 rings (SSSR count). The number of imidazole rings is 1. The second-order valence-electron chi connectivity index (χ2n) is 5.88. The Bertz CT molecular complexity index is 581. The lowest BCUT2D eigenvalue weighted by Gasteiger charge is -2.23. The summed E-state index contributed by atoms with van der Waals surface area (Å²) in [5.41, 5.74) is 3.10. The highest BCUT2D eigenvalue weighted by Gasteiger charge is 2.18. The van der Waals surface area contributed by atoms with Gasteiger partial charge in [-0.1, -0.05) is 19.3 Å². The molecular weight excluding hydrogens is 248 g/mol. The molecule has 20 heavy (non-hydrogen) atoms. The van der Waals surface area contributed by atoms with Gasteiger partial charge in [-0.15, -0.1) is 0 Å². The molecule has 0 saturated heterocycles. The minimum Gasteiger partial charge on any atom is -0.356 e. The summed E-state index contributed by atoms with van der Waals surface area (Å²) < 4.78 is 2.29.